The maximum absolute atomic E-state index is 12.4. The number of ketones is 1. The lowest BCUT2D eigenvalue weighted by molar-refractivity contribution is -0.0512. The van der Waals surface area contributed by atoms with Crippen LogP contribution in [-0.4, -0.2) is 31.6 Å². The van der Waals surface area contributed by atoms with Gasteiger partial charge < -0.3 is 19.2 Å². The van der Waals surface area contributed by atoms with Crippen LogP contribution in [0.5, 0.6) is 17.2 Å². The number of carbonyl (C=O) groups excluding carboxylic acids is 1. The highest BCUT2D eigenvalue weighted by Gasteiger charge is 2.11. The van der Waals surface area contributed by atoms with Gasteiger partial charge in [0.05, 0.1) is 23.4 Å². The number of aromatic nitrogens is 1. The Labute approximate surface area is 173 Å². The van der Waals surface area contributed by atoms with E-state index in [4.69, 9.17) is 9.47 Å². The van der Waals surface area contributed by atoms with Crippen LogP contribution in [0.2, 0.25) is 0 Å². The van der Waals surface area contributed by atoms with Crippen molar-refractivity contribution in [3.05, 3.63) is 73.1 Å². The van der Waals surface area contributed by atoms with Crippen LogP contribution in [0.1, 0.15) is 15.9 Å². The Morgan fingerprint density at radius 1 is 1.07 bits per heavy atom. The highest BCUT2D eigenvalue weighted by Crippen LogP contribution is 2.29. The van der Waals surface area contributed by atoms with Gasteiger partial charge in [0, 0.05) is 11.6 Å². The molecule has 0 aliphatic rings. The number of methoxy groups -OCH3 is 2. The fraction of sp³-hybridized carbons (Fsp3) is 0.143. The molecule has 156 valence electrons. The Morgan fingerprint density at radius 2 is 1.80 bits per heavy atom. The molecule has 1 aromatic heterocycles. The summed E-state index contributed by atoms with van der Waals surface area (Å²) in [5.41, 5.74) is 0.629. The molecule has 0 spiro atoms. The van der Waals surface area contributed by atoms with E-state index < -0.39 is 6.61 Å². The van der Waals surface area contributed by atoms with E-state index >= 15 is 0 Å². The van der Waals surface area contributed by atoms with Gasteiger partial charge in [-0.05, 0) is 48.0 Å². The van der Waals surface area contributed by atoms with Crippen molar-refractivity contribution in [2.75, 3.05) is 14.2 Å². The number of alkyl halides is 2. The number of hydrogen-bond donors (Lipinski definition) is 1. The van der Waals surface area contributed by atoms with Crippen LogP contribution in [0.3, 0.4) is 0 Å². The number of rotatable bonds is 7. The molecular formula is C21H17F2NO5S. The van der Waals surface area contributed by atoms with Crippen LogP contribution in [0.15, 0.2) is 47.3 Å². The number of carbonyl (C=O) groups is 1. The van der Waals surface area contributed by atoms with E-state index in [-0.39, 0.29) is 22.8 Å². The molecule has 1 N–H and O–H groups in total. The summed E-state index contributed by atoms with van der Waals surface area (Å²) >= 11 is 1.10. The molecule has 2 aromatic carbocycles. The van der Waals surface area contributed by atoms with Gasteiger partial charge in [-0.25, -0.2) is 0 Å². The Kier molecular flexibility index (Phi) is 6.63. The first-order valence-corrected chi connectivity index (χ1v) is 9.45. The molecule has 0 saturated heterocycles. The van der Waals surface area contributed by atoms with E-state index in [0.717, 1.165) is 11.3 Å². The second kappa shape index (κ2) is 9.36. The molecule has 0 unspecified atom stereocenters. The van der Waals surface area contributed by atoms with Gasteiger partial charge in [0.15, 0.2) is 17.3 Å². The van der Waals surface area contributed by atoms with Crippen molar-refractivity contribution in [1.29, 1.82) is 0 Å². The van der Waals surface area contributed by atoms with Crippen molar-refractivity contribution < 1.29 is 27.8 Å². The van der Waals surface area contributed by atoms with Crippen LogP contribution in [0, 0.1) is 0 Å². The third kappa shape index (κ3) is 5.12. The molecule has 0 aliphatic carbocycles. The first-order valence-electron chi connectivity index (χ1n) is 8.63. The van der Waals surface area contributed by atoms with Crippen molar-refractivity contribution in [3.8, 4) is 17.2 Å². The summed E-state index contributed by atoms with van der Waals surface area (Å²) < 4.78 is 40.1. The Hall–Kier alpha value is -3.46. The van der Waals surface area contributed by atoms with Gasteiger partial charge in [-0.3, -0.25) is 9.59 Å². The van der Waals surface area contributed by atoms with Gasteiger partial charge in [0.25, 0.3) is 5.56 Å². The van der Waals surface area contributed by atoms with E-state index in [1.54, 1.807) is 30.3 Å². The first-order chi connectivity index (χ1) is 14.4. The summed E-state index contributed by atoms with van der Waals surface area (Å²) in [7, 11) is 2.86. The van der Waals surface area contributed by atoms with Crippen LogP contribution >= 0.6 is 11.3 Å². The highest BCUT2D eigenvalue weighted by atomic mass is 32.1. The topological polar surface area (TPSA) is 77.6 Å². The van der Waals surface area contributed by atoms with Crippen molar-refractivity contribution >= 4 is 29.3 Å². The zero-order chi connectivity index (χ0) is 21.7. The fourth-order valence-corrected chi connectivity index (χ4v) is 3.49. The standard InChI is InChI=1S/C21H17F2NO5S/c1-27-14-6-4-13(5-7-14)15(25)11-19-24-20(26)18(30-19)10-12-3-8-16(29-21(22)23)17(9-12)28-2/h3-11,21H,1-2H3,(H,24,26). The van der Waals surface area contributed by atoms with Gasteiger partial charge >= 0.3 is 6.61 Å². The summed E-state index contributed by atoms with van der Waals surface area (Å²) in [6.07, 6.45) is 2.90. The second-order valence-corrected chi connectivity index (χ2v) is 7.04. The Morgan fingerprint density at radius 3 is 2.43 bits per heavy atom. The number of hydrogen-bond acceptors (Lipinski definition) is 6. The molecule has 0 aliphatic heterocycles. The molecular weight excluding hydrogens is 416 g/mol. The normalized spacial score (nSPS) is 12.3. The third-order valence-electron chi connectivity index (χ3n) is 4.02. The smallest absolute Gasteiger partial charge is 0.387 e. The van der Waals surface area contributed by atoms with Gasteiger partial charge in [0.1, 0.15) is 5.75 Å². The summed E-state index contributed by atoms with van der Waals surface area (Å²) in [6, 6.07) is 10.9. The van der Waals surface area contributed by atoms with Gasteiger partial charge in [-0.15, -0.1) is 11.3 Å². The molecule has 0 saturated carbocycles. The van der Waals surface area contributed by atoms with Gasteiger partial charge in [0.2, 0.25) is 0 Å². The lowest BCUT2D eigenvalue weighted by atomic mass is 10.1. The molecule has 0 bridgehead atoms. The number of H-pyrrole nitrogens is 1. The zero-order valence-electron chi connectivity index (χ0n) is 16.0. The quantitative estimate of drug-likeness (QED) is 0.580. The van der Waals surface area contributed by atoms with E-state index in [1.807, 2.05) is 0 Å². The van der Waals surface area contributed by atoms with Gasteiger partial charge in [-0.1, -0.05) is 6.07 Å². The van der Waals surface area contributed by atoms with Crippen molar-refractivity contribution in [1.82, 2.24) is 4.98 Å². The number of Topliss-reactive ketones (excluding diaryl/α,β-unsaturated/α-hetero) is 1. The number of ether oxygens (including phenoxy) is 3. The summed E-state index contributed by atoms with van der Waals surface area (Å²) in [5.74, 6) is 0.368. The van der Waals surface area contributed by atoms with Crippen LogP contribution in [0.25, 0.3) is 12.2 Å². The highest BCUT2D eigenvalue weighted by molar-refractivity contribution is 7.07. The Balaban J connectivity index is 1.91. The largest absolute Gasteiger partial charge is 0.497 e. The van der Waals surface area contributed by atoms with E-state index in [1.165, 1.54) is 38.5 Å². The maximum Gasteiger partial charge on any atom is 0.387 e. The number of aromatic amines is 1. The van der Waals surface area contributed by atoms with E-state index in [2.05, 4.69) is 9.72 Å². The summed E-state index contributed by atoms with van der Waals surface area (Å²) in [4.78, 5) is 27.3. The molecule has 6 nitrogen and oxygen atoms in total. The lowest BCUT2D eigenvalue weighted by Crippen LogP contribution is -2.20. The van der Waals surface area contributed by atoms with E-state index in [9.17, 15) is 18.4 Å². The van der Waals surface area contributed by atoms with Crippen molar-refractivity contribution in [2.45, 2.75) is 6.61 Å². The van der Waals surface area contributed by atoms with Crippen molar-refractivity contribution in [2.24, 2.45) is 0 Å². The molecule has 0 amide bonds. The molecule has 0 radical (unpaired) electrons. The number of benzene rings is 2. The van der Waals surface area contributed by atoms with Crippen LogP contribution < -0.4 is 29.0 Å². The molecule has 30 heavy (non-hydrogen) atoms. The van der Waals surface area contributed by atoms with Gasteiger partial charge in [-0.2, -0.15) is 8.78 Å². The minimum Gasteiger partial charge on any atom is -0.497 e. The number of nitrogens with one attached hydrogen (secondary N) is 1. The molecule has 1 heterocycles. The monoisotopic (exact) mass is 433 g/mol. The summed E-state index contributed by atoms with van der Waals surface area (Å²) in [5, 5.41) is 0. The molecule has 3 aromatic rings. The first kappa shape index (κ1) is 21.3. The number of halogens is 2. The van der Waals surface area contributed by atoms with E-state index in [0.29, 0.717) is 26.1 Å². The fourth-order valence-electron chi connectivity index (χ4n) is 2.60. The predicted octanol–water partition coefficient (Wildman–Crippen LogP) is 2.55. The maximum atomic E-state index is 12.4. The van der Waals surface area contributed by atoms with Crippen LogP contribution in [0.4, 0.5) is 8.78 Å². The molecule has 3 rings (SSSR count). The third-order valence-corrected chi connectivity index (χ3v) is 4.98. The minimum atomic E-state index is -2.98. The Bertz CT molecular complexity index is 1220. The molecule has 0 atom stereocenters. The SMILES string of the molecule is COc1ccc(C(=O)C=c2[nH]c(=O)c(=Cc3ccc(OC(F)F)c(OC)c3)s2)cc1. The average molecular weight is 433 g/mol. The number of thiazole rings is 1. The average Bonchev–Trinajstić information content (AvgIpc) is 3.07. The lowest BCUT2D eigenvalue weighted by Gasteiger charge is -2.09. The van der Waals surface area contributed by atoms with Crippen molar-refractivity contribution in [3.63, 3.8) is 0 Å². The van der Waals surface area contributed by atoms with Crippen LogP contribution in [-0.2, 0) is 0 Å². The minimum absolute atomic E-state index is 0.108. The predicted molar refractivity (Wildman–Crippen MR) is 109 cm³/mol. The molecule has 9 heteroatoms. The zero-order valence-corrected chi connectivity index (χ0v) is 16.8. The second-order valence-electron chi connectivity index (χ2n) is 5.95. The summed E-state index contributed by atoms with van der Waals surface area (Å²) in [6.45, 7) is -2.98. The molecule has 0 fully saturated rings.